The highest BCUT2D eigenvalue weighted by molar-refractivity contribution is 5.95. The summed E-state index contributed by atoms with van der Waals surface area (Å²) in [6.07, 6.45) is 0.209. The lowest BCUT2D eigenvalue weighted by Gasteiger charge is -2.27. The average Bonchev–Trinajstić information content (AvgIpc) is 3.53. The maximum absolute atomic E-state index is 12.9. The summed E-state index contributed by atoms with van der Waals surface area (Å²) in [6.45, 7) is 4.84. The van der Waals surface area contributed by atoms with E-state index in [1.165, 1.54) is 0 Å². The first-order valence-electron chi connectivity index (χ1n) is 11.7. The molecule has 0 unspecified atom stereocenters. The molecule has 36 heavy (non-hydrogen) atoms. The molecule has 3 aliphatic rings. The zero-order chi connectivity index (χ0) is 24.8. The van der Waals surface area contributed by atoms with Crippen molar-refractivity contribution in [3.8, 4) is 28.8 Å². The van der Waals surface area contributed by atoms with Crippen LogP contribution in [-0.2, 0) is 9.53 Å². The number of rotatable bonds is 5. The molecule has 0 aliphatic carbocycles. The molecule has 1 saturated heterocycles. The normalized spacial score (nSPS) is 18.6. The minimum atomic E-state index is -0.346. The lowest BCUT2D eigenvalue weighted by atomic mass is 9.84. The molecule has 0 spiro atoms. The number of amides is 1. The number of ether oxygens (including phenoxy) is 5. The Kier molecular flexibility index (Phi) is 5.52. The van der Waals surface area contributed by atoms with E-state index in [1.54, 1.807) is 18.9 Å². The number of fused-ring (bicyclic) bond motifs is 2. The van der Waals surface area contributed by atoms with E-state index < -0.39 is 0 Å². The van der Waals surface area contributed by atoms with Gasteiger partial charge in [0, 0.05) is 36.6 Å². The number of morpholine rings is 1. The minimum absolute atomic E-state index is 0.0674. The van der Waals surface area contributed by atoms with Crippen LogP contribution in [0.3, 0.4) is 0 Å². The number of aromatic nitrogens is 4. The fraction of sp³-hybridized carbons (Fsp3) is 0.417. The number of nitrogens with zero attached hydrogens (tertiary/aromatic N) is 5. The summed E-state index contributed by atoms with van der Waals surface area (Å²) in [5.41, 5.74) is 2.38. The minimum Gasteiger partial charge on any atom is -0.493 e. The molecule has 2 aromatic heterocycles. The summed E-state index contributed by atoms with van der Waals surface area (Å²) in [6, 6.07) is 5.60. The molecule has 0 bridgehead atoms. The predicted molar refractivity (Wildman–Crippen MR) is 128 cm³/mol. The number of hydrogen-bond donors (Lipinski definition) is 1. The lowest BCUT2D eigenvalue weighted by Crippen LogP contribution is -2.36. The summed E-state index contributed by atoms with van der Waals surface area (Å²) in [5, 5.41) is 16.5. The number of hydrogen-bond acceptors (Lipinski definition) is 10. The summed E-state index contributed by atoms with van der Waals surface area (Å²) in [4.78, 5) is 15.0. The molecule has 1 amide bonds. The van der Waals surface area contributed by atoms with Gasteiger partial charge in [0.25, 0.3) is 0 Å². The van der Waals surface area contributed by atoms with Crippen LogP contribution in [0.1, 0.15) is 29.2 Å². The Morgan fingerprint density at radius 2 is 1.81 bits per heavy atom. The van der Waals surface area contributed by atoms with Gasteiger partial charge in [0.05, 0.1) is 33.1 Å². The SMILES string of the molecule is COc1cc([C@H]2CC(=O)Nc3c2c(C)nn3-c2ccc(N3CCOCC3)nn2)c(OC)c2c1OCO2. The van der Waals surface area contributed by atoms with Crippen molar-refractivity contribution in [3.63, 3.8) is 0 Å². The second-order valence-electron chi connectivity index (χ2n) is 8.68. The lowest BCUT2D eigenvalue weighted by molar-refractivity contribution is -0.116. The Hall–Kier alpha value is -4.06. The van der Waals surface area contributed by atoms with Crippen molar-refractivity contribution >= 4 is 17.5 Å². The monoisotopic (exact) mass is 494 g/mol. The van der Waals surface area contributed by atoms with E-state index in [2.05, 4.69) is 20.4 Å². The van der Waals surface area contributed by atoms with Crippen LogP contribution < -0.4 is 29.2 Å². The number of carbonyl (C=O) groups excluding carboxylic acids is 1. The largest absolute Gasteiger partial charge is 0.493 e. The van der Waals surface area contributed by atoms with Crippen LogP contribution in [0.4, 0.5) is 11.6 Å². The number of methoxy groups -OCH3 is 2. The van der Waals surface area contributed by atoms with E-state index in [0.29, 0.717) is 47.8 Å². The van der Waals surface area contributed by atoms with Gasteiger partial charge in [-0.2, -0.15) is 9.78 Å². The highest BCUT2D eigenvalue weighted by atomic mass is 16.7. The quantitative estimate of drug-likeness (QED) is 0.564. The highest BCUT2D eigenvalue weighted by Crippen LogP contribution is 2.54. The van der Waals surface area contributed by atoms with Crippen LogP contribution in [0, 0.1) is 6.92 Å². The van der Waals surface area contributed by atoms with Gasteiger partial charge in [-0.3, -0.25) is 4.79 Å². The molecule has 1 fully saturated rings. The first-order valence-corrected chi connectivity index (χ1v) is 11.7. The van der Waals surface area contributed by atoms with E-state index in [-0.39, 0.29) is 25.0 Å². The summed E-state index contributed by atoms with van der Waals surface area (Å²) in [5.74, 6) is 3.32. The second-order valence-corrected chi connectivity index (χ2v) is 8.68. The molecule has 3 aromatic rings. The van der Waals surface area contributed by atoms with E-state index in [4.69, 9.17) is 28.8 Å². The Morgan fingerprint density at radius 1 is 1.06 bits per heavy atom. The average molecular weight is 495 g/mol. The zero-order valence-electron chi connectivity index (χ0n) is 20.2. The molecule has 5 heterocycles. The molecule has 12 heteroatoms. The first-order chi connectivity index (χ1) is 17.6. The van der Waals surface area contributed by atoms with Crippen molar-refractivity contribution in [1.29, 1.82) is 0 Å². The van der Waals surface area contributed by atoms with Gasteiger partial charge < -0.3 is 33.9 Å². The Morgan fingerprint density at radius 3 is 2.53 bits per heavy atom. The molecule has 1 aromatic carbocycles. The molecule has 1 N–H and O–H groups in total. The fourth-order valence-corrected chi connectivity index (χ4v) is 5.03. The number of nitrogens with one attached hydrogen (secondary N) is 1. The topological polar surface area (TPSA) is 122 Å². The van der Waals surface area contributed by atoms with Gasteiger partial charge in [0.15, 0.2) is 23.1 Å². The van der Waals surface area contributed by atoms with Gasteiger partial charge in [0.2, 0.25) is 24.2 Å². The van der Waals surface area contributed by atoms with Gasteiger partial charge >= 0.3 is 0 Å². The van der Waals surface area contributed by atoms with Gasteiger partial charge in [-0.1, -0.05) is 0 Å². The maximum atomic E-state index is 12.9. The van der Waals surface area contributed by atoms with E-state index >= 15 is 0 Å². The molecule has 12 nitrogen and oxygen atoms in total. The second kappa shape index (κ2) is 8.86. The van der Waals surface area contributed by atoms with E-state index in [1.807, 2.05) is 25.1 Å². The Bertz CT molecular complexity index is 1320. The predicted octanol–water partition coefficient (Wildman–Crippen LogP) is 2.03. The van der Waals surface area contributed by atoms with Crippen molar-refractivity contribution in [1.82, 2.24) is 20.0 Å². The highest BCUT2D eigenvalue weighted by Gasteiger charge is 2.38. The fourth-order valence-electron chi connectivity index (χ4n) is 5.03. The molecule has 188 valence electrons. The molecule has 0 saturated carbocycles. The third kappa shape index (κ3) is 3.56. The van der Waals surface area contributed by atoms with Crippen molar-refractivity contribution in [2.24, 2.45) is 0 Å². The number of benzene rings is 1. The van der Waals surface area contributed by atoms with Crippen LogP contribution in [0.15, 0.2) is 18.2 Å². The van der Waals surface area contributed by atoms with Crippen LogP contribution in [-0.4, -0.2) is 73.2 Å². The molecule has 6 rings (SSSR count). The first kappa shape index (κ1) is 22.4. The van der Waals surface area contributed by atoms with Gasteiger partial charge in [-0.05, 0) is 25.1 Å². The summed E-state index contributed by atoms with van der Waals surface area (Å²) in [7, 11) is 3.13. The third-order valence-corrected chi connectivity index (χ3v) is 6.68. The molecule has 0 radical (unpaired) electrons. The van der Waals surface area contributed by atoms with Crippen molar-refractivity contribution in [2.45, 2.75) is 19.3 Å². The Balaban J connectivity index is 1.42. The molecule has 3 aliphatic heterocycles. The van der Waals surface area contributed by atoms with E-state index in [9.17, 15) is 4.79 Å². The zero-order valence-corrected chi connectivity index (χ0v) is 20.2. The maximum Gasteiger partial charge on any atom is 0.231 e. The van der Waals surface area contributed by atoms with E-state index in [0.717, 1.165) is 35.7 Å². The van der Waals surface area contributed by atoms with Crippen LogP contribution in [0.25, 0.3) is 5.82 Å². The van der Waals surface area contributed by atoms with Crippen molar-refractivity contribution < 1.29 is 28.5 Å². The number of carbonyl (C=O) groups is 1. The van der Waals surface area contributed by atoms with Crippen LogP contribution in [0.5, 0.6) is 23.0 Å². The Labute approximate surface area is 207 Å². The van der Waals surface area contributed by atoms with Crippen molar-refractivity contribution in [3.05, 3.63) is 35.0 Å². The summed E-state index contributed by atoms with van der Waals surface area (Å²) < 4.78 is 29.6. The number of anilines is 2. The summed E-state index contributed by atoms with van der Waals surface area (Å²) >= 11 is 0. The molecular formula is C24H26N6O6. The molecular weight excluding hydrogens is 468 g/mol. The molecule has 1 atom stereocenters. The van der Waals surface area contributed by atoms with Gasteiger partial charge in [0.1, 0.15) is 5.82 Å². The smallest absolute Gasteiger partial charge is 0.231 e. The standard InChI is InChI=1S/C24H26N6O6/c1-13-20-14(15-10-16(32-2)22-23(21(15)33-3)36-12-35-22)11-19(31)25-24(20)30(28-13)18-5-4-17(26-27-18)29-6-8-34-9-7-29/h4-5,10,14H,6-9,11-12H2,1-3H3,(H,25,31)/t14-/m1/s1. The van der Waals surface area contributed by atoms with Crippen LogP contribution in [0.2, 0.25) is 0 Å². The number of aryl methyl sites for hydroxylation is 1. The van der Waals surface area contributed by atoms with Crippen molar-refractivity contribution in [2.75, 3.05) is 57.5 Å². The van der Waals surface area contributed by atoms with Gasteiger partial charge in [-0.25, -0.2) is 0 Å². The third-order valence-electron chi connectivity index (χ3n) is 6.68. The van der Waals surface area contributed by atoms with Crippen LogP contribution >= 0.6 is 0 Å². The van der Waals surface area contributed by atoms with Gasteiger partial charge in [-0.15, -0.1) is 10.2 Å².